The van der Waals surface area contributed by atoms with Crippen LogP contribution in [0.5, 0.6) is 0 Å². The molecule has 0 saturated heterocycles. The molecule has 0 radical (unpaired) electrons. The van der Waals surface area contributed by atoms with Crippen LogP contribution in [0, 0.1) is 5.21 Å². The number of hydrogen-bond acceptors (Lipinski definition) is 3. The minimum absolute atomic E-state index is 0.778. The van der Waals surface area contributed by atoms with Gasteiger partial charge in [-0.1, -0.05) is 5.16 Å². The van der Waals surface area contributed by atoms with E-state index >= 15 is 0 Å². The van der Waals surface area contributed by atoms with Crippen LogP contribution in [0.3, 0.4) is 0 Å². The molecule has 1 aliphatic heterocycles. The van der Waals surface area contributed by atoms with Crippen molar-refractivity contribution in [3.63, 3.8) is 0 Å². The highest BCUT2D eigenvalue weighted by molar-refractivity contribution is 5.57. The average Bonchev–Trinajstić information content (AvgIpc) is 2.17. The Morgan fingerprint density at radius 3 is 2.62 bits per heavy atom. The molecule has 0 spiro atoms. The van der Waals surface area contributed by atoms with Gasteiger partial charge in [-0.25, -0.2) is 5.16 Å². The SMILES string of the molecule is C1=NOCC1.C=[NH+][O-]. The summed E-state index contributed by atoms with van der Waals surface area (Å²) < 4.78 is 0. The van der Waals surface area contributed by atoms with Crippen molar-refractivity contribution in [2.45, 2.75) is 6.42 Å². The fourth-order valence-electron chi connectivity index (χ4n) is 0.264. The molecule has 0 aromatic rings. The first-order chi connectivity index (χ1) is 3.91. The van der Waals surface area contributed by atoms with Gasteiger partial charge in [-0.15, -0.1) is 0 Å². The van der Waals surface area contributed by atoms with Gasteiger partial charge < -0.3 is 10.0 Å². The second-order valence-electron chi connectivity index (χ2n) is 1.05. The van der Waals surface area contributed by atoms with Crippen LogP contribution in [0.25, 0.3) is 0 Å². The molecule has 0 fully saturated rings. The lowest BCUT2D eigenvalue weighted by Gasteiger charge is -1.76. The molecule has 0 unspecified atom stereocenters. The van der Waals surface area contributed by atoms with Gasteiger partial charge in [-0.05, 0) is 0 Å². The van der Waals surface area contributed by atoms with Crippen molar-refractivity contribution in [1.29, 1.82) is 0 Å². The fraction of sp³-hybridized carbons (Fsp3) is 0.500. The van der Waals surface area contributed by atoms with Crippen LogP contribution in [0.2, 0.25) is 0 Å². The van der Waals surface area contributed by atoms with E-state index in [-0.39, 0.29) is 0 Å². The maximum Gasteiger partial charge on any atom is 0.136 e. The predicted octanol–water partition coefficient (Wildman–Crippen LogP) is -1.34. The Balaban J connectivity index is 0.000000145. The van der Waals surface area contributed by atoms with Crippen LogP contribution in [-0.2, 0) is 4.84 Å². The van der Waals surface area contributed by atoms with Gasteiger partial charge in [0.15, 0.2) is 0 Å². The van der Waals surface area contributed by atoms with E-state index < -0.39 is 0 Å². The number of nitrogens with one attached hydrogen (secondary N) is 1. The first-order valence-corrected chi connectivity index (χ1v) is 2.20. The molecule has 1 N–H and O–H groups in total. The zero-order chi connectivity index (χ0) is 6.24. The molecule has 0 amide bonds. The molecule has 1 aliphatic rings. The Morgan fingerprint density at radius 2 is 2.50 bits per heavy atom. The topological polar surface area (TPSA) is 58.6 Å². The lowest BCUT2D eigenvalue weighted by Crippen LogP contribution is -2.56. The van der Waals surface area contributed by atoms with Crippen LogP contribution in [-0.4, -0.2) is 19.5 Å². The van der Waals surface area contributed by atoms with Crippen LogP contribution in [0.4, 0.5) is 0 Å². The summed E-state index contributed by atoms with van der Waals surface area (Å²) >= 11 is 0. The summed E-state index contributed by atoms with van der Waals surface area (Å²) in [7, 11) is 0. The summed E-state index contributed by atoms with van der Waals surface area (Å²) in [6.45, 7) is 3.46. The third-order valence-corrected chi connectivity index (χ3v) is 0.487. The Kier molecular flexibility index (Phi) is 5.15. The maximum atomic E-state index is 8.57. The van der Waals surface area contributed by atoms with Crippen LogP contribution < -0.4 is 5.16 Å². The van der Waals surface area contributed by atoms with Crippen molar-refractivity contribution >= 4 is 12.9 Å². The van der Waals surface area contributed by atoms with Gasteiger partial charge in [-0.2, -0.15) is 0 Å². The zero-order valence-electron chi connectivity index (χ0n) is 4.46. The second-order valence-corrected chi connectivity index (χ2v) is 1.05. The third-order valence-electron chi connectivity index (χ3n) is 0.487. The van der Waals surface area contributed by atoms with Crippen molar-refractivity contribution in [1.82, 2.24) is 0 Å². The normalized spacial score (nSPS) is 13.5. The van der Waals surface area contributed by atoms with Crippen LogP contribution in [0.1, 0.15) is 6.42 Å². The van der Waals surface area contributed by atoms with Gasteiger partial charge in [-0.3, -0.25) is 0 Å². The third kappa shape index (κ3) is 4.94. The highest BCUT2D eigenvalue weighted by atomic mass is 16.6. The van der Waals surface area contributed by atoms with Gasteiger partial charge in [0.1, 0.15) is 13.3 Å². The zero-order valence-corrected chi connectivity index (χ0v) is 4.46. The van der Waals surface area contributed by atoms with Crippen molar-refractivity contribution in [2.75, 3.05) is 6.61 Å². The van der Waals surface area contributed by atoms with Crippen molar-refractivity contribution < 1.29 is 9.99 Å². The fourth-order valence-corrected chi connectivity index (χ4v) is 0.264. The molecule has 0 atom stereocenters. The number of hydrogen-bond donors (Lipinski definition) is 1. The molecule has 0 aromatic heterocycles. The Bertz CT molecular complexity index is 76.1. The highest BCUT2D eigenvalue weighted by Crippen LogP contribution is 1.86. The summed E-state index contributed by atoms with van der Waals surface area (Å²) in [5.41, 5.74) is 0. The van der Waals surface area contributed by atoms with E-state index in [0.29, 0.717) is 0 Å². The van der Waals surface area contributed by atoms with Gasteiger partial charge in [0.25, 0.3) is 0 Å². The van der Waals surface area contributed by atoms with E-state index in [9.17, 15) is 0 Å². The maximum absolute atomic E-state index is 8.57. The van der Waals surface area contributed by atoms with Gasteiger partial charge in [0.05, 0.1) is 0 Å². The Morgan fingerprint density at radius 1 is 1.88 bits per heavy atom. The highest BCUT2D eigenvalue weighted by Gasteiger charge is 1.86. The van der Waals surface area contributed by atoms with Crippen molar-refractivity contribution in [3.8, 4) is 0 Å². The molecule has 0 aromatic carbocycles. The van der Waals surface area contributed by atoms with Crippen LogP contribution in [0.15, 0.2) is 5.16 Å². The van der Waals surface area contributed by atoms with Gasteiger partial charge >= 0.3 is 0 Å². The van der Waals surface area contributed by atoms with E-state index in [1.807, 2.05) is 0 Å². The lowest BCUT2D eigenvalue weighted by molar-refractivity contribution is -0.361. The van der Waals surface area contributed by atoms with E-state index in [1.165, 1.54) is 5.16 Å². The summed E-state index contributed by atoms with van der Waals surface area (Å²) in [6.07, 6.45) is 2.75. The second kappa shape index (κ2) is 5.94. The monoisotopic (exact) mass is 116 g/mol. The molecule has 1 rings (SSSR count). The van der Waals surface area contributed by atoms with Gasteiger partial charge in [0, 0.05) is 12.6 Å². The lowest BCUT2D eigenvalue weighted by atomic mass is 10.5. The number of nitrogens with zero attached hydrogens (tertiary/aromatic N) is 1. The number of oxime groups is 1. The molecule has 8 heavy (non-hydrogen) atoms. The molecule has 0 saturated carbocycles. The van der Waals surface area contributed by atoms with Crippen molar-refractivity contribution in [2.24, 2.45) is 5.16 Å². The molecular weight excluding hydrogens is 108 g/mol. The molecule has 0 aliphatic carbocycles. The predicted molar refractivity (Wildman–Crippen MR) is 30.5 cm³/mol. The van der Waals surface area contributed by atoms with E-state index in [2.05, 4.69) is 16.7 Å². The van der Waals surface area contributed by atoms with Crippen LogP contribution >= 0.6 is 0 Å². The standard InChI is InChI=1S/C3H5NO.CH3NO/c1-2-4-5-3-1;1-2-3/h2H,1,3H2;2H,1H2. The number of rotatable bonds is 0. The summed E-state index contributed by atoms with van der Waals surface area (Å²) in [6, 6.07) is 0. The molecule has 46 valence electrons. The molecule has 0 bridgehead atoms. The minimum atomic E-state index is 0.778. The first-order valence-electron chi connectivity index (χ1n) is 2.20. The van der Waals surface area contributed by atoms with Crippen molar-refractivity contribution in [3.05, 3.63) is 5.21 Å². The smallest absolute Gasteiger partial charge is 0.136 e. The summed E-state index contributed by atoms with van der Waals surface area (Å²) in [4.78, 5) is 4.51. The van der Waals surface area contributed by atoms with Gasteiger partial charge in [0.2, 0.25) is 0 Å². The molecular formula is C4H8N2O2. The Hall–Kier alpha value is -1.06. The summed E-state index contributed by atoms with van der Waals surface area (Å²) in [5.74, 6) is 0. The minimum Gasteiger partial charge on any atom is -0.626 e. The Labute approximate surface area is 47.4 Å². The summed E-state index contributed by atoms with van der Waals surface area (Å²) in [5, 5.41) is 13.3. The van der Waals surface area contributed by atoms with E-state index in [1.54, 1.807) is 6.21 Å². The molecule has 4 nitrogen and oxygen atoms in total. The molecule has 4 heteroatoms. The molecule has 1 heterocycles. The van der Waals surface area contributed by atoms with E-state index in [4.69, 9.17) is 5.21 Å². The quantitative estimate of drug-likeness (QED) is 0.242. The largest absolute Gasteiger partial charge is 0.626 e. The first kappa shape index (κ1) is 6.94. The van der Waals surface area contributed by atoms with E-state index in [0.717, 1.165) is 13.0 Å². The average molecular weight is 116 g/mol.